The second-order valence-electron chi connectivity index (χ2n) is 4.11. The lowest BCUT2D eigenvalue weighted by Gasteiger charge is -2.18. The SMILES string of the molecule is CO[C@@H]1CNCC1NC(=O)c1c(F)cccc1F. The van der Waals surface area contributed by atoms with Gasteiger partial charge in [0.15, 0.2) is 0 Å². The van der Waals surface area contributed by atoms with Crippen molar-refractivity contribution in [3.05, 3.63) is 35.4 Å². The predicted molar refractivity (Wildman–Crippen MR) is 61.3 cm³/mol. The summed E-state index contributed by atoms with van der Waals surface area (Å²) in [5.41, 5.74) is -0.556. The van der Waals surface area contributed by atoms with Gasteiger partial charge in [-0.1, -0.05) is 6.07 Å². The van der Waals surface area contributed by atoms with Crippen LogP contribution in [0, 0.1) is 11.6 Å². The molecule has 1 amide bonds. The summed E-state index contributed by atoms with van der Waals surface area (Å²) < 4.78 is 32.0. The lowest BCUT2D eigenvalue weighted by Crippen LogP contribution is -2.44. The molecule has 1 aromatic carbocycles. The van der Waals surface area contributed by atoms with Gasteiger partial charge in [0.25, 0.3) is 5.91 Å². The quantitative estimate of drug-likeness (QED) is 0.836. The number of amides is 1. The molecule has 0 bridgehead atoms. The van der Waals surface area contributed by atoms with Crippen molar-refractivity contribution >= 4 is 5.91 Å². The Kier molecular flexibility index (Phi) is 3.88. The van der Waals surface area contributed by atoms with E-state index in [0.717, 1.165) is 12.1 Å². The second kappa shape index (κ2) is 5.41. The molecule has 2 N–H and O–H groups in total. The number of hydrogen-bond acceptors (Lipinski definition) is 3. The second-order valence-corrected chi connectivity index (χ2v) is 4.11. The lowest BCUT2D eigenvalue weighted by molar-refractivity contribution is 0.0774. The van der Waals surface area contributed by atoms with E-state index in [4.69, 9.17) is 4.74 Å². The Morgan fingerprint density at radius 3 is 2.67 bits per heavy atom. The molecule has 0 spiro atoms. The highest BCUT2D eigenvalue weighted by molar-refractivity contribution is 5.95. The van der Waals surface area contributed by atoms with Gasteiger partial charge in [0.1, 0.15) is 17.2 Å². The highest BCUT2D eigenvalue weighted by Gasteiger charge is 2.29. The summed E-state index contributed by atoms with van der Waals surface area (Å²) in [6.07, 6.45) is -0.191. The first-order chi connectivity index (χ1) is 8.63. The maximum atomic E-state index is 13.4. The van der Waals surface area contributed by atoms with Crippen molar-refractivity contribution in [1.82, 2.24) is 10.6 Å². The van der Waals surface area contributed by atoms with Gasteiger partial charge in [0.05, 0.1) is 12.1 Å². The highest BCUT2D eigenvalue weighted by Crippen LogP contribution is 2.13. The van der Waals surface area contributed by atoms with Crippen LogP contribution in [0.1, 0.15) is 10.4 Å². The lowest BCUT2D eigenvalue weighted by atomic mass is 10.1. The van der Waals surface area contributed by atoms with E-state index in [9.17, 15) is 13.6 Å². The van der Waals surface area contributed by atoms with Crippen molar-refractivity contribution in [2.24, 2.45) is 0 Å². The van der Waals surface area contributed by atoms with Crippen LogP contribution in [0.4, 0.5) is 8.78 Å². The van der Waals surface area contributed by atoms with Crippen LogP contribution in [0.2, 0.25) is 0 Å². The Labute approximate surface area is 103 Å². The van der Waals surface area contributed by atoms with Crippen LogP contribution in [-0.4, -0.2) is 38.3 Å². The average molecular weight is 256 g/mol. The zero-order valence-electron chi connectivity index (χ0n) is 9.87. The van der Waals surface area contributed by atoms with E-state index in [0.29, 0.717) is 13.1 Å². The van der Waals surface area contributed by atoms with Crippen LogP contribution in [0.25, 0.3) is 0 Å². The first-order valence-corrected chi connectivity index (χ1v) is 5.62. The molecule has 0 aromatic heterocycles. The van der Waals surface area contributed by atoms with Crippen LogP contribution in [0.15, 0.2) is 18.2 Å². The number of carbonyl (C=O) groups excluding carboxylic acids is 1. The van der Waals surface area contributed by atoms with E-state index in [1.54, 1.807) is 0 Å². The van der Waals surface area contributed by atoms with Crippen molar-refractivity contribution in [3.8, 4) is 0 Å². The molecule has 1 aliphatic rings. The summed E-state index contributed by atoms with van der Waals surface area (Å²) in [6, 6.07) is 3.04. The summed E-state index contributed by atoms with van der Waals surface area (Å²) in [4.78, 5) is 11.8. The van der Waals surface area contributed by atoms with Crippen molar-refractivity contribution in [1.29, 1.82) is 0 Å². The fourth-order valence-electron chi connectivity index (χ4n) is 2.00. The van der Waals surface area contributed by atoms with E-state index in [1.165, 1.54) is 13.2 Å². The molecule has 98 valence electrons. The largest absolute Gasteiger partial charge is 0.378 e. The normalized spacial score (nSPS) is 23.1. The number of methoxy groups -OCH3 is 1. The van der Waals surface area contributed by atoms with E-state index in [-0.39, 0.29) is 12.1 Å². The minimum Gasteiger partial charge on any atom is -0.378 e. The third kappa shape index (κ3) is 2.49. The first-order valence-electron chi connectivity index (χ1n) is 5.62. The molecule has 1 heterocycles. The predicted octanol–water partition coefficient (Wildman–Crippen LogP) is 0.681. The molecule has 18 heavy (non-hydrogen) atoms. The summed E-state index contributed by atoms with van der Waals surface area (Å²) in [5.74, 6) is -2.50. The number of nitrogens with one attached hydrogen (secondary N) is 2. The van der Waals surface area contributed by atoms with Crippen molar-refractivity contribution in [3.63, 3.8) is 0 Å². The van der Waals surface area contributed by atoms with E-state index < -0.39 is 23.1 Å². The number of carbonyl (C=O) groups is 1. The number of benzene rings is 1. The molecule has 1 aromatic rings. The van der Waals surface area contributed by atoms with Gasteiger partial charge in [-0.3, -0.25) is 4.79 Å². The standard InChI is InChI=1S/C12H14F2N2O2/c1-18-10-6-15-5-9(10)16-12(17)11-7(13)3-2-4-8(11)14/h2-4,9-10,15H,5-6H2,1H3,(H,16,17)/t9?,10-/m1/s1. The van der Waals surface area contributed by atoms with Gasteiger partial charge >= 0.3 is 0 Å². The van der Waals surface area contributed by atoms with Crippen LogP contribution in [-0.2, 0) is 4.74 Å². The Hall–Kier alpha value is -1.53. The molecular weight excluding hydrogens is 242 g/mol. The molecule has 1 unspecified atom stereocenters. The monoisotopic (exact) mass is 256 g/mol. The summed E-state index contributed by atoms with van der Waals surface area (Å²) in [5, 5.41) is 5.60. The summed E-state index contributed by atoms with van der Waals surface area (Å²) in [7, 11) is 1.53. The zero-order chi connectivity index (χ0) is 13.1. The van der Waals surface area contributed by atoms with Crippen LogP contribution in [0.3, 0.4) is 0 Å². The maximum absolute atomic E-state index is 13.4. The van der Waals surface area contributed by atoms with Gasteiger partial charge in [0, 0.05) is 20.2 Å². The molecule has 2 atom stereocenters. The first kappa shape index (κ1) is 12.9. The van der Waals surface area contributed by atoms with Gasteiger partial charge in [-0.05, 0) is 12.1 Å². The Bertz CT molecular complexity index is 433. The molecule has 1 fully saturated rings. The smallest absolute Gasteiger partial charge is 0.257 e. The van der Waals surface area contributed by atoms with Gasteiger partial charge in [-0.25, -0.2) is 8.78 Å². The molecule has 6 heteroatoms. The Morgan fingerprint density at radius 2 is 2.06 bits per heavy atom. The maximum Gasteiger partial charge on any atom is 0.257 e. The van der Waals surface area contributed by atoms with Crippen LogP contribution < -0.4 is 10.6 Å². The molecule has 2 rings (SSSR count). The summed E-state index contributed by atoms with van der Waals surface area (Å²) >= 11 is 0. The van der Waals surface area contributed by atoms with Crippen molar-refractivity contribution in [2.75, 3.05) is 20.2 Å². The zero-order valence-corrected chi connectivity index (χ0v) is 9.87. The third-order valence-electron chi connectivity index (χ3n) is 2.97. The third-order valence-corrected chi connectivity index (χ3v) is 2.97. The fourth-order valence-corrected chi connectivity index (χ4v) is 2.00. The topological polar surface area (TPSA) is 50.4 Å². The van der Waals surface area contributed by atoms with Crippen molar-refractivity contribution < 1.29 is 18.3 Å². The average Bonchev–Trinajstić information content (AvgIpc) is 2.76. The van der Waals surface area contributed by atoms with Crippen molar-refractivity contribution in [2.45, 2.75) is 12.1 Å². The molecule has 0 radical (unpaired) electrons. The molecule has 4 nitrogen and oxygen atoms in total. The highest BCUT2D eigenvalue weighted by atomic mass is 19.1. The number of hydrogen-bond donors (Lipinski definition) is 2. The van der Waals surface area contributed by atoms with E-state index in [1.807, 2.05) is 0 Å². The van der Waals surface area contributed by atoms with Crippen LogP contribution in [0.5, 0.6) is 0 Å². The minimum atomic E-state index is -0.868. The van der Waals surface area contributed by atoms with Gasteiger partial charge < -0.3 is 15.4 Å². The molecule has 0 aliphatic carbocycles. The van der Waals surface area contributed by atoms with E-state index >= 15 is 0 Å². The van der Waals surface area contributed by atoms with Gasteiger partial charge in [-0.15, -0.1) is 0 Å². The number of halogens is 2. The minimum absolute atomic E-state index is 0.191. The summed E-state index contributed by atoms with van der Waals surface area (Å²) in [6.45, 7) is 1.11. The fraction of sp³-hybridized carbons (Fsp3) is 0.417. The molecule has 0 saturated carbocycles. The Morgan fingerprint density at radius 1 is 1.39 bits per heavy atom. The van der Waals surface area contributed by atoms with Gasteiger partial charge in [-0.2, -0.15) is 0 Å². The molecule has 1 aliphatic heterocycles. The molecular formula is C12H14F2N2O2. The van der Waals surface area contributed by atoms with E-state index in [2.05, 4.69) is 10.6 Å². The van der Waals surface area contributed by atoms with Crippen LogP contribution >= 0.6 is 0 Å². The van der Waals surface area contributed by atoms with Gasteiger partial charge in [0.2, 0.25) is 0 Å². The Balaban J connectivity index is 2.12. The number of rotatable bonds is 3. The number of ether oxygens (including phenoxy) is 1. The molecule has 1 saturated heterocycles.